The third-order valence-electron chi connectivity index (χ3n) is 3.14. The third-order valence-corrected chi connectivity index (χ3v) is 5.07. The molecule has 0 aliphatic rings. The maximum absolute atomic E-state index is 13.2. The van der Waals surface area contributed by atoms with E-state index < -0.39 is 0 Å². The smallest absolute Gasteiger partial charge is 0.184 e. The number of nitrogens with zero attached hydrogens (tertiary/aromatic N) is 1. The van der Waals surface area contributed by atoms with Crippen LogP contribution in [0.15, 0.2) is 35.7 Å². The number of hydrogen-bond donors (Lipinski definition) is 1. The summed E-state index contributed by atoms with van der Waals surface area (Å²) in [5.74, 6) is 0.213. The average Bonchev–Trinajstić information content (AvgIpc) is 3.03. The van der Waals surface area contributed by atoms with Gasteiger partial charge < -0.3 is 5.32 Å². The zero-order valence-corrected chi connectivity index (χ0v) is 12.9. The highest BCUT2D eigenvalue weighted by Gasteiger charge is 2.18. The van der Waals surface area contributed by atoms with E-state index in [0.29, 0.717) is 11.4 Å². The van der Waals surface area contributed by atoms with Crippen LogP contribution in [-0.4, -0.2) is 4.98 Å². The van der Waals surface area contributed by atoms with E-state index in [0.717, 1.165) is 9.83 Å². The maximum atomic E-state index is 13.2. The van der Waals surface area contributed by atoms with E-state index in [4.69, 9.17) is 0 Å². The van der Waals surface area contributed by atoms with E-state index in [-0.39, 0.29) is 11.9 Å². The highest BCUT2D eigenvalue weighted by atomic mass is 32.1. The van der Waals surface area contributed by atoms with Crippen LogP contribution in [0, 0.1) is 11.7 Å². The minimum absolute atomic E-state index is 0.236. The molecule has 0 aliphatic carbocycles. The number of benzene rings is 1. The van der Waals surface area contributed by atoms with E-state index in [1.54, 1.807) is 28.7 Å². The van der Waals surface area contributed by atoms with Crippen molar-refractivity contribution in [2.24, 2.45) is 5.92 Å². The van der Waals surface area contributed by atoms with Crippen molar-refractivity contribution in [1.82, 2.24) is 4.98 Å². The second kappa shape index (κ2) is 5.50. The zero-order valence-electron chi connectivity index (χ0n) is 11.3. The molecule has 0 bridgehead atoms. The third kappa shape index (κ3) is 2.69. The van der Waals surface area contributed by atoms with Crippen molar-refractivity contribution in [2.75, 3.05) is 5.32 Å². The Hall–Kier alpha value is -1.46. The topological polar surface area (TPSA) is 24.9 Å². The van der Waals surface area contributed by atoms with Gasteiger partial charge in [-0.2, -0.15) is 0 Å². The zero-order chi connectivity index (χ0) is 14.1. The normalized spacial score (nSPS) is 13.0. The number of fused-ring (bicyclic) bond motifs is 1. The molecule has 0 radical (unpaired) electrons. The van der Waals surface area contributed by atoms with Gasteiger partial charge in [0.05, 0.1) is 16.3 Å². The fraction of sp³-hybridized carbons (Fsp3) is 0.267. The second-order valence-electron chi connectivity index (χ2n) is 5.01. The Bertz CT molecular complexity index is 704. The van der Waals surface area contributed by atoms with Crippen molar-refractivity contribution in [3.05, 3.63) is 46.4 Å². The van der Waals surface area contributed by atoms with E-state index in [2.05, 4.69) is 41.7 Å². The van der Waals surface area contributed by atoms with Gasteiger partial charge in [-0.05, 0) is 29.5 Å². The molecule has 1 unspecified atom stereocenters. The number of anilines is 1. The minimum atomic E-state index is -0.243. The molecule has 3 aromatic rings. The summed E-state index contributed by atoms with van der Waals surface area (Å²) in [5.41, 5.74) is 0.714. The SMILES string of the molecule is CC(C)C(Nc1nc2cc(F)ccc2s1)c1cccs1. The fourth-order valence-electron chi connectivity index (χ4n) is 2.13. The van der Waals surface area contributed by atoms with Crippen LogP contribution in [0.25, 0.3) is 10.2 Å². The molecule has 0 aliphatic heterocycles. The van der Waals surface area contributed by atoms with Gasteiger partial charge in [-0.1, -0.05) is 31.3 Å². The van der Waals surface area contributed by atoms with Crippen molar-refractivity contribution in [3.8, 4) is 0 Å². The summed E-state index contributed by atoms with van der Waals surface area (Å²) >= 11 is 3.31. The molecule has 20 heavy (non-hydrogen) atoms. The number of halogens is 1. The molecule has 0 amide bonds. The number of hydrogen-bond acceptors (Lipinski definition) is 4. The Kier molecular flexibility index (Phi) is 3.72. The first-order valence-corrected chi connectivity index (χ1v) is 8.19. The maximum Gasteiger partial charge on any atom is 0.184 e. The van der Waals surface area contributed by atoms with Crippen molar-refractivity contribution in [1.29, 1.82) is 0 Å². The summed E-state index contributed by atoms with van der Waals surface area (Å²) in [4.78, 5) is 5.77. The molecule has 2 nitrogen and oxygen atoms in total. The van der Waals surface area contributed by atoms with E-state index in [1.165, 1.54) is 17.0 Å². The lowest BCUT2D eigenvalue weighted by atomic mass is 10.0. The molecule has 104 valence electrons. The number of nitrogens with one attached hydrogen (secondary N) is 1. The highest BCUT2D eigenvalue weighted by Crippen LogP contribution is 2.33. The Morgan fingerprint density at radius 1 is 1.25 bits per heavy atom. The predicted molar refractivity (Wildman–Crippen MR) is 85.1 cm³/mol. The molecule has 0 fully saturated rings. The molecule has 0 spiro atoms. The lowest BCUT2D eigenvalue weighted by Gasteiger charge is -2.20. The van der Waals surface area contributed by atoms with Crippen molar-refractivity contribution in [3.63, 3.8) is 0 Å². The lowest BCUT2D eigenvalue weighted by Crippen LogP contribution is -2.15. The summed E-state index contributed by atoms with van der Waals surface area (Å²) in [5, 5.41) is 6.41. The average molecular weight is 306 g/mol. The number of thiazole rings is 1. The van der Waals surface area contributed by atoms with Gasteiger partial charge in [-0.3, -0.25) is 0 Å². The highest BCUT2D eigenvalue weighted by molar-refractivity contribution is 7.22. The first-order valence-electron chi connectivity index (χ1n) is 6.49. The molecule has 2 aromatic heterocycles. The van der Waals surface area contributed by atoms with Crippen molar-refractivity contribution in [2.45, 2.75) is 19.9 Å². The Balaban J connectivity index is 1.90. The summed E-state index contributed by atoms with van der Waals surface area (Å²) in [6.45, 7) is 4.37. The Morgan fingerprint density at radius 3 is 2.80 bits per heavy atom. The molecule has 1 N–H and O–H groups in total. The minimum Gasteiger partial charge on any atom is -0.354 e. The number of rotatable bonds is 4. The first-order chi connectivity index (χ1) is 9.63. The summed E-state index contributed by atoms with van der Waals surface area (Å²) in [7, 11) is 0. The van der Waals surface area contributed by atoms with Gasteiger partial charge in [0, 0.05) is 10.9 Å². The molecule has 1 aromatic carbocycles. The molecule has 3 rings (SSSR count). The summed E-state index contributed by atoms with van der Waals surface area (Å²) < 4.78 is 14.2. The van der Waals surface area contributed by atoms with Gasteiger partial charge in [0.25, 0.3) is 0 Å². The van der Waals surface area contributed by atoms with Crippen LogP contribution in [0.4, 0.5) is 9.52 Å². The van der Waals surface area contributed by atoms with Crippen LogP contribution in [0.2, 0.25) is 0 Å². The lowest BCUT2D eigenvalue weighted by molar-refractivity contribution is 0.553. The van der Waals surface area contributed by atoms with Crippen LogP contribution in [-0.2, 0) is 0 Å². The van der Waals surface area contributed by atoms with Crippen LogP contribution in [0.1, 0.15) is 24.8 Å². The van der Waals surface area contributed by atoms with E-state index >= 15 is 0 Å². The van der Waals surface area contributed by atoms with E-state index in [9.17, 15) is 4.39 Å². The number of aromatic nitrogens is 1. The molecule has 1 atom stereocenters. The standard InChI is InChI=1S/C15H15FN2S2/c1-9(2)14(13-4-3-7-19-13)18-15-17-11-8-10(16)5-6-12(11)20-15/h3-9,14H,1-2H3,(H,17,18). The molecule has 5 heteroatoms. The van der Waals surface area contributed by atoms with Gasteiger partial charge >= 0.3 is 0 Å². The van der Waals surface area contributed by atoms with Gasteiger partial charge in [-0.15, -0.1) is 11.3 Å². The van der Waals surface area contributed by atoms with Crippen LogP contribution < -0.4 is 5.32 Å². The monoisotopic (exact) mass is 306 g/mol. The van der Waals surface area contributed by atoms with Gasteiger partial charge in [0.2, 0.25) is 0 Å². The summed E-state index contributed by atoms with van der Waals surface area (Å²) in [6, 6.07) is 9.17. The largest absolute Gasteiger partial charge is 0.354 e. The summed E-state index contributed by atoms with van der Waals surface area (Å²) in [6.07, 6.45) is 0. The molecule has 2 heterocycles. The van der Waals surface area contributed by atoms with Gasteiger partial charge in [0.15, 0.2) is 5.13 Å². The fourth-order valence-corrected chi connectivity index (χ4v) is 3.96. The van der Waals surface area contributed by atoms with Crippen molar-refractivity contribution >= 4 is 38.0 Å². The molecular weight excluding hydrogens is 291 g/mol. The Morgan fingerprint density at radius 2 is 2.10 bits per heavy atom. The van der Waals surface area contributed by atoms with Crippen LogP contribution in [0.5, 0.6) is 0 Å². The quantitative estimate of drug-likeness (QED) is 0.707. The van der Waals surface area contributed by atoms with E-state index in [1.807, 2.05) is 0 Å². The van der Waals surface area contributed by atoms with Crippen LogP contribution >= 0.6 is 22.7 Å². The van der Waals surface area contributed by atoms with Crippen molar-refractivity contribution < 1.29 is 4.39 Å². The molecule has 0 saturated carbocycles. The first kappa shape index (κ1) is 13.5. The second-order valence-corrected chi connectivity index (χ2v) is 7.02. The predicted octanol–water partition coefficient (Wildman–Crippen LogP) is 5.31. The molecular formula is C15H15FN2S2. The number of thiophene rings is 1. The Labute approximate surface area is 125 Å². The van der Waals surface area contributed by atoms with Gasteiger partial charge in [-0.25, -0.2) is 9.37 Å². The molecule has 0 saturated heterocycles. The van der Waals surface area contributed by atoms with Gasteiger partial charge in [0.1, 0.15) is 5.82 Å². The van der Waals surface area contributed by atoms with Crippen LogP contribution in [0.3, 0.4) is 0 Å².